The van der Waals surface area contributed by atoms with Gasteiger partial charge < -0.3 is 4.74 Å². The molecule has 0 heterocycles. The number of halogens is 5. The van der Waals surface area contributed by atoms with Crippen molar-refractivity contribution >= 4 is 44.9 Å². The van der Waals surface area contributed by atoms with Crippen molar-refractivity contribution in [3.63, 3.8) is 0 Å². The van der Waals surface area contributed by atoms with Gasteiger partial charge in [-0.1, -0.05) is 39.1 Å². The predicted octanol–water partition coefficient (Wildman–Crippen LogP) is 4.17. The molecule has 1 rings (SSSR count). The number of hydrogen-bond donors (Lipinski definition) is 0. The molecule has 0 fully saturated rings. The third-order valence-electron chi connectivity index (χ3n) is 1.68. The van der Waals surface area contributed by atoms with Crippen LogP contribution >= 0.6 is 39.1 Å². The molecular weight excluding hydrogens is 329 g/mol. The lowest BCUT2D eigenvalue weighted by molar-refractivity contribution is -0.0497. The van der Waals surface area contributed by atoms with Crippen LogP contribution in [0.5, 0.6) is 5.75 Å². The Hall–Kier alpha value is -0.390. The minimum absolute atomic E-state index is 0.0676. The molecule has 0 aliphatic carbocycles. The van der Waals surface area contributed by atoms with Gasteiger partial charge >= 0.3 is 6.61 Å². The smallest absolute Gasteiger partial charge is 0.387 e. The number of alkyl halides is 3. The van der Waals surface area contributed by atoms with Gasteiger partial charge in [-0.25, -0.2) is 0 Å². The van der Waals surface area contributed by atoms with E-state index in [1.54, 1.807) is 0 Å². The molecule has 0 unspecified atom stereocenters. The normalized spacial score (nSPS) is 10.6. The van der Waals surface area contributed by atoms with E-state index in [2.05, 4.69) is 20.7 Å². The van der Waals surface area contributed by atoms with Gasteiger partial charge in [0.25, 0.3) is 0 Å². The maximum Gasteiger partial charge on any atom is 0.387 e. The summed E-state index contributed by atoms with van der Waals surface area (Å²) in [6.07, 6.45) is 0. The van der Waals surface area contributed by atoms with Crippen LogP contribution in [-0.2, 0) is 0 Å². The largest absolute Gasteiger partial charge is 0.433 e. The van der Waals surface area contributed by atoms with Crippen molar-refractivity contribution < 1.29 is 18.3 Å². The SMILES string of the molecule is O=C(CBr)c1ccc(OC(F)F)c(Cl)c1Cl. The Morgan fingerprint density at radius 2 is 2.00 bits per heavy atom. The van der Waals surface area contributed by atoms with Crippen LogP contribution < -0.4 is 4.74 Å². The Balaban J connectivity index is 3.13. The van der Waals surface area contributed by atoms with Crippen molar-refractivity contribution in [1.82, 2.24) is 0 Å². The van der Waals surface area contributed by atoms with Gasteiger partial charge in [0.2, 0.25) is 0 Å². The van der Waals surface area contributed by atoms with Crippen LogP contribution in [0, 0.1) is 0 Å². The van der Waals surface area contributed by atoms with E-state index < -0.39 is 6.61 Å². The number of benzene rings is 1. The first-order chi connectivity index (χ1) is 7.47. The van der Waals surface area contributed by atoms with Crippen LogP contribution in [0.25, 0.3) is 0 Å². The van der Waals surface area contributed by atoms with E-state index >= 15 is 0 Å². The van der Waals surface area contributed by atoms with E-state index in [0.29, 0.717) is 0 Å². The molecule has 0 aromatic heterocycles. The zero-order valence-corrected chi connectivity index (χ0v) is 10.7. The molecular formula is C9H5BrCl2F2O2. The molecule has 0 bridgehead atoms. The van der Waals surface area contributed by atoms with Gasteiger partial charge in [-0.3, -0.25) is 4.79 Å². The van der Waals surface area contributed by atoms with Crippen LogP contribution in [0.2, 0.25) is 10.0 Å². The second kappa shape index (κ2) is 5.80. The maximum atomic E-state index is 12.0. The van der Waals surface area contributed by atoms with E-state index in [1.807, 2.05) is 0 Å². The summed E-state index contributed by atoms with van der Waals surface area (Å²) in [7, 11) is 0. The zero-order valence-electron chi connectivity index (χ0n) is 7.65. The first-order valence-corrected chi connectivity index (χ1v) is 5.87. The quantitative estimate of drug-likeness (QED) is 0.610. The van der Waals surface area contributed by atoms with E-state index in [4.69, 9.17) is 23.2 Å². The number of carbonyl (C=O) groups excluding carboxylic acids is 1. The molecule has 7 heteroatoms. The topological polar surface area (TPSA) is 26.3 Å². The molecule has 0 saturated heterocycles. The number of rotatable bonds is 4. The molecule has 0 radical (unpaired) electrons. The summed E-state index contributed by atoms with van der Waals surface area (Å²) in [4.78, 5) is 11.3. The average Bonchev–Trinajstić information content (AvgIpc) is 2.23. The highest BCUT2D eigenvalue weighted by molar-refractivity contribution is 9.09. The molecule has 0 spiro atoms. The fraction of sp³-hybridized carbons (Fsp3) is 0.222. The molecule has 16 heavy (non-hydrogen) atoms. The molecule has 2 nitrogen and oxygen atoms in total. The van der Waals surface area contributed by atoms with Crippen molar-refractivity contribution in [2.45, 2.75) is 6.61 Å². The molecule has 0 saturated carbocycles. The van der Waals surface area contributed by atoms with Crippen molar-refractivity contribution in [2.24, 2.45) is 0 Å². The second-order valence-electron chi connectivity index (χ2n) is 2.67. The maximum absolute atomic E-state index is 12.0. The van der Waals surface area contributed by atoms with E-state index in [1.165, 1.54) is 12.1 Å². The van der Waals surface area contributed by atoms with Crippen molar-refractivity contribution in [3.8, 4) is 5.75 Å². The van der Waals surface area contributed by atoms with Gasteiger partial charge in [0, 0.05) is 5.56 Å². The third kappa shape index (κ3) is 3.06. The fourth-order valence-electron chi connectivity index (χ4n) is 1.01. The molecule has 1 aromatic carbocycles. The summed E-state index contributed by atoms with van der Waals surface area (Å²) in [6.45, 7) is -2.99. The van der Waals surface area contributed by atoms with Gasteiger partial charge in [-0.2, -0.15) is 8.78 Å². The molecule has 0 amide bonds. The number of Topliss-reactive ketones (excluding diaryl/α,β-unsaturated/α-hetero) is 1. The van der Waals surface area contributed by atoms with Crippen molar-refractivity contribution in [2.75, 3.05) is 5.33 Å². The number of ketones is 1. The Morgan fingerprint density at radius 3 is 2.50 bits per heavy atom. The van der Waals surface area contributed by atoms with Gasteiger partial charge in [-0.05, 0) is 12.1 Å². The first kappa shape index (κ1) is 13.7. The molecule has 0 aliphatic rings. The number of carbonyl (C=O) groups is 1. The number of hydrogen-bond acceptors (Lipinski definition) is 2. The summed E-state index contributed by atoms with van der Waals surface area (Å²) >= 11 is 14.4. The van der Waals surface area contributed by atoms with Crippen LogP contribution in [0.1, 0.15) is 10.4 Å². The van der Waals surface area contributed by atoms with Gasteiger partial charge in [0.1, 0.15) is 10.8 Å². The predicted molar refractivity (Wildman–Crippen MR) is 61.2 cm³/mol. The highest BCUT2D eigenvalue weighted by Gasteiger charge is 2.17. The summed E-state index contributed by atoms with van der Waals surface area (Å²) in [5.41, 5.74) is 0.158. The minimum Gasteiger partial charge on any atom is -0.433 e. The van der Waals surface area contributed by atoms with Crippen LogP contribution in [-0.4, -0.2) is 17.7 Å². The Labute approximate surface area is 109 Å². The van der Waals surface area contributed by atoms with Gasteiger partial charge in [0.05, 0.1) is 10.4 Å². The lowest BCUT2D eigenvalue weighted by atomic mass is 10.1. The monoisotopic (exact) mass is 332 g/mol. The van der Waals surface area contributed by atoms with Crippen LogP contribution in [0.4, 0.5) is 8.78 Å². The highest BCUT2D eigenvalue weighted by Crippen LogP contribution is 2.35. The summed E-state index contributed by atoms with van der Waals surface area (Å²) in [6, 6.07) is 2.46. The average molecular weight is 334 g/mol. The molecule has 0 N–H and O–H groups in total. The standard InChI is InChI=1S/C9H5BrCl2F2O2/c10-3-5(15)4-1-2-6(16-9(13)14)8(12)7(4)11/h1-2,9H,3H2. The summed E-state index contributed by atoms with van der Waals surface area (Å²) in [5, 5.41) is -0.226. The Bertz CT molecular complexity index is 413. The minimum atomic E-state index is -2.99. The lowest BCUT2D eigenvalue weighted by Crippen LogP contribution is -2.05. The van der Waals surface area contributed by atoms with Crippen molar-refractivity contribution in [3.05, 3.63) is 27.7 Å². The van der Waals surface area contributed by atoms with Gasteiger partial charge in [-0.15, -0.1) is 0 Å². The highest BCUT2D eigenvalue weighted by atomic mass is 79.9. The third-order valence-corrected chi connectivity index (χ3v) is 3.06. The fourth-order valence-corrected chi connectivity index (χ4v) is 1.78. The van der Waals surface area contributed by atoms with Gasteiger partial charge in [0.15, 0.2) is 5.78 Å². The number of ether oxygens (including phenoxy) is 1. The van der Waals surface area contributed by atoms with Crippen LogP contribution in [0.15, 0.2) is 12.1 Å². The molecule has 0 atom stereocenters. The summed E-state index contributed by atoms with van der Waals surface area (Å²) in [5.74, 6) is -0.553. The Morgan fingerprint density at radius 1 is 1.38 bits per heavy atom. The van der Waals surface area contributed by atoms with E-state index in [0.717, 1.165) is 0 Å². The Kier molecular flexibility index (Phi) is 4.95. The van der Waals surface area contributed by atoms with Crippen LogP contribution in [0.3, 0.4) is 0 Å². The van der Waals surface area contributed by atoms with E-state index in [-0.39, 0.29) is 32.5 Å². The van der Waals surface area contributed by atoms with E-state index in [9.17, 15) is 13.6 Å². The second-order valence-corrected chi connectivity index (χ2v) is 3.99. The zero-order chi connectivity index (χ0) is 12.3. The van der Waals surface area contributed by atoms with Crippen molar-refractivity contribution in [1.29, 1.82) is 0 Å². The molecule has 88 valence electrons. The first-order valence-electron chi connectivity index (χ1n) is 3.99. The molecule has 1 aromatic rings. The summed E-state index contributed by atoms with van der Waals surface area (Å²) < 4.78 is 28.0. The lowest BCUT2D eigenvalue weighted by Gasteiger charge is -2.09. The molecule has 0 aliphatic heterocycles.